The van der Waals surface area contributed by atoms with Crippen LogP contribution in [0.1, 0.15) is 6.42 Å². The van der Waals surface area contributed by atoms with E-state index in [9.17, 15) is 14.9 Å². The van der Waals surface area contributed by atoms with Crippen LogP contribution in [0.2, 0.25) is 0 Å². The topological polar surface area (TPSA) is 89.7 Å². The zero-order valence-corrected chi connectivity index (χ0v) is 9.64. The number of non-ortho nitro benzene ring substituents is 1. The van der Waals surface area contributed by atoms with Crippen LogP contribution in [0.5, 0.6) is 5.75 Å². The number of benzene rings is 1. The summed E-state index contributed by atoms with van der Waals surface area (Å²) < 4.78 is 5.58. The number of aliphatic carboxylic acids is 1. The second-order valence-electron chi connectivity index (χ2n) is 2.89. The summed E-state index contributed by atoms with van der Waals surface area (Å²) in [6, 6.07) is 4.12. The van der Waals surface area contributed by atoms with Crippen molar-refractivity contribution >= 4 is 27.6 Å². The quantitative estimate of drug-likeness (QED) is 0.663. The molecule has 0 heterocycles. The molecule has 1 aromatic rings. The smallest absolute Gasteiger partial charge is 0.306 e. The summed E-state index contributed by atoms with van der Waals surface area (Å²) in [4.78, 5) is 20.2. The van der Waals surface area contributed by atoms with E-state index in [4.69, 9.17) is 9.84 Å². The van der Waals surface area contributed by atoms with Gasteiger partial charge >= 0.3 is 5.97 Å². The van der Waals surface area contributed by atoms with E-state index in [0.29, 0.717) is 4.47 Å². The summed E-state index contributed by atoms with van der Waals surface area (Å²) >= 11 is 3.10. The highest BCUT2D eigenvalue weighted by atomic mass is 79.9. The Kier molecular flexibility index (Phi) is 4.24. The third-order valence-corrected chi connectivity index (χ3v) is 2.11. The highest BCUT2D eigenvalue weighted by Crippen LogP contribution is 2.26. The number of nitro benzene ring substituents is 1. The van der Waals surface area contributed by atoms with Gasteiger partial charge in [0.15, 0.2) is 0 Å². The predicted molar refractivity (Wildman–Crippen MR) is 58.5 cm³/mol. The molecule has 0 aliphatic rings. The average molecular weight is 290 g/mol. The Labute approximate surface area is 99.1 Å². The van der Waals surface area contributed by atoms with Gasteiger partial charge in [0.2, 0.25) is 0 Å². The van der Waals surface area contributed by atoms with Crippen molar-refractivity contribution in [1.82, 2.24) is 0 Å². The van der Waals surface area contributed by atoms with Gasteiger partial charge in [-0.1, -0.05) is 15.9 Å². The van der Waals surface area contributed by atoms with E-state index in [1.165, 1.54) is 18.2 Å². The lowest BCUT2D eigenvalue weighted by molar-refractivity contribution is -0.385. The molecular weight excluding hydrogens is 282 g/mol. The van der Waals surface area contributed by atoms with Crippen molar-refractivity contribution in [3.8, 4) is 5.75 Å². The number of halogens is 1. The first-order chi connectivity index (χ1) is 7.49. The van der Waals surface area contributed by atoms with Gasteiger partial charge in [0, 0.05) is 10.5 Å². The molecule has 0 unspecified atom stereocenters. The van der Waals surface area contributed by atoms with Crippen LogP contribution in [-0.2, 0) is 4.79 Å². The van der Waals surface area contributed by atoms with Crippen molar-refractivity contribution in [2.45, 2.75) is 6.42 Å². The van der Waals surface area contributed by atoms with Crippen molar-refractivity contribution < 1.29 is 19.6 Å². The summed E-state index contributed by atoms with van der Waals surface area (Å²) in [6.07, 6.45) is -0.152. The Balaban J connectivity index is 2.72. The third kappa shape index (κ3) is 3.85. The molecule has 0 saturated heterocycles. The number of nitro groups is 1. The van der Waals surface area contributed by atoms with Crippen molar-refractivity contribution in [1.29, 1.82) is 0 Å². The molecule has 0 amide bonds. The maximum absolute atomic E-state index is 10.5. The molecule has 0 spiro atoms. The van der Waals surface area contributed by atoms with Crippen molar-refractivity contribution in [2.75, 3.05) is 6.61 Å². The summed E-state index contributed by atoms with van der Waals surface area (Å²) in [6.45, 7) is -0.0249. The first-order valence-corrected chi connectivity index (χ1v) is 5.08. The van der Waals surface area contributed by atoms with E-state index in [1.807, 2.05) is 0 Å². The molecule has 0 atom stereocenters. The van der Waals surface area contributed by atoms with Gasteiger partial charge < -0.3 is 9.84 Å². The van der Waals surface area contributed by atoms with Crippen LogP contribution in [-0.4, -0.2) is 22.6 Å². The van der Waals surface area contributed by atoms with Crippen LogP contribution >= 0.6 is 15.9 Å². The summed E-state index contributed by atoms with van der Waals surface area (Å²) in [5.41, 5.74) is -0.111. The molecule has 1 rings (SSSR count). The predicted octanol–water partition coefficient (Wildman–Crippen LogP) is 2.21. The van der Waals surface area contributed by atoms with E-state index in [1.54, 1.807) is 0 Å². The number of carbonyl (C=O) groups is 1. The SMILES string of the molecule is O=C(O)CCOc1cc(Br)cc([N+](=O)[O-])c1. The molecule has 86 valence electrons. The van der Waals surface area contributed by atoms with E-state index in [0.717, 1.165) is 0 Å². The largest absolute Gasteiger partial charge is 0.493 e. The van der Waals surface area contributed by atoms with Crippen molar-refractivity contribution in [3.63, 3.8) is 0 Å². The highest BCUT2D eigenvalue weighted by molar-refractivity contribution is 9.10. The van der Waals surface area contributed by atoms with E-state index in [-0.39, 0.29) is 24.5 Å². The fourth-order valence-corrected chi connectivity index (χ4v) is 1.45. The average Bonchev–Trinajstić information content (AvgIpc) is 2.16. The van der Waals surface area contributed by atoms with E-state index < -0.39 is 10.9 Å². The van der Waals surface area contributed by atoms with Gasteiger partial charge in [-0.15, -0.1) is 0 Å². The van der Waals surface area contributed by atoms with Gasteiger partial charge in [0.1, 0.15) is 5.75 Å². The Bertz CT molecular complexity index is 420. The number of hydrogen-bond acceptors (Lipinski definition) is 4. The molecule has 7 heteroatoms. The second kappa shape index (κ2) is 5.45. The fourth-order valence-electron chi connectivity index (χ4n) is 0.993. The summed E-state index contributed by atoms with van der Waals surface area (Å²) in [5.74, 6) is -0.716. The van der Waals surface area contributed by atoms with Gasteiger partial charge in [0.05, 0.1) is 24.0 Å². The number of nitrogens with zero attached hydrogens (tertiary/aromatic N) is 1. The minimum absolute atomic E-state index is 0.0249. The first kappa shape index (κ1) is 12.4. The van der Waals surface area contributed by atoms with Gasteiger partial charge in [-0.25, -0.2) is 0 Å². The van der Waals surface area contributed by atoms with Gasteiger partial charge in [-0.2, -0.15) is 0 Å². The Hall–Kier alpha value is -1.63. The van der Waals surface area contributed by atoms with Crippen LogP contribution in [0.3, 0.4) is 0 Å². The number of carboxylic acid groups (broad SMARTS) is 1. The normalized spacial score (nSPS) is 9.81. The van der Waals surface area contributed by atoms with Gasteiger partial charge in [-0.05, 0) is 6.07 Å². The Morgan fingerprint density at radius 2 is 2.19 bits per heavy atom. The Morgan fingerprint density at radius 3 is 2.75 bits per heavy atom. The second-order valence-corrected chi connectivity index (χ2v) is 3.81. The molecule has 0 bridgehead atoms. The van der Waals surface area contributed by atoms with Gasteiger partial charge in [-0.3, -0.25) is 14.9 Å². The minimum atomic E-state index is -0.982. The van der Waals surface area contributed by atoms with E-state index in [2.05, 4.69) is 15.9 Å². The molecule has 0 aromatic heterocycles. The molecule has 0 aliphatic heterocycles. The maximum Gasteiger partial charge on any atom is 0.306 e. The molecule has 0 fully saturated rings. The number of carboxylic acids is 1. The number of hydrogen-bond donors (Lipinski definition) is 1. The Morgan fingerprint density at radius 1 is 1.50 bits per heavy atom. The lowest BCUT2D eigenvalue weighted by atomic mass is 10.3. The molecule has 6 nitrogen and oxygen atoms in total. The minimum Gasteiger partial charge on any atom is -0.493 e. The molecule has 0 aliphatic carbocycles. The monoisotopic (exact) mass is 289 g/mol. The number of ether oxygens (including phenoxy) is 1. The zero-order chi connectivity index (χ0) is 12.1. The van der Waals surface area contributed by atoms with Crippen molar-refractivity contribution in [2.24, 2.45) is 0 Å². The zero-order valence-electron chi connectivity index (χ0n) is 8.05. The molecule has 16 heavy (non-hydrogen) atoms. The molecule has 0 saturated carbocycles. The molecule has 1 aromatic carbocycles. The molecule has 1 N–H and O–H groups in total. The van der Waals surface area contributed by atoms with Crippen LogP contribution in [0, 0.1) is 10.1 Å². The third-order valence-electron chi connectivity index (χ3n) is 1.65. The van der Waals surface area contributed by atoms with Gasteiger partial charge in [0.25, 0.3) is 5.69 Å². The van der Waals surface area contributed by atoms with Crippen molar-refractivity contribution in [3.05, 3.63) is 32.8 Å². The highest BCUT2D eigenvalue weighted by Gasteiger charge is 2.09. The standard InChI is InChI=1S/C9H8BrNO5/c10-6-3-7(11(14)15)5-8(4-6)16-2-1-9(12)13/h3-5H,1-2H2,(H,12,13). The first-order valence-electron chi connectivity index (χ1n) is 4.28. The summed E-state index contributed by atoms with van der Waals surface area (Å²) in [5, 5.41) is 18.9. The van der Waals surface area contributed by atoms with Crippen LogP contribution in [0.15, 0.2) is 22.7 Å². The lowest BCUT2D eigenvalue weighted by Gasteiger charge is -2.04. The molecule has 0 radical (unpaired) electrons. The van der Waals surface area contributed by atoms with Crippen LogP contribution in [0.25, 0.3) is 0 Å². The van der Waals surface area contributed by atoms with Crippen LogP contribution in [0.4, 0.5) is 5.69 Å². The number of rotatable bonds is 5. The van der Waals surface area contributed by atoms with Crippen LogP contribution < -0.4 is 4.74 Å². The maximum atomic E-state index is 10.5. The lowest BCUT2D eigenvalue weighted by Crippen LogP contribution is -2.04. The van der Waals surface area contributed by atoms with E-state index >= 15 is 0 Å². The fraction of sp³-hybridized carbons (Fsp3) is 0.222. The molecular formula is C9H8BrNO5. The summed E-state index contributed by atoms with van der Waals surface area (Å²) in [7, 11) is 0.